The van der Waals surface area contributed by atoms with Crippen LogP contribution in [-0.4, -0.2) is 47.2 Å². The van der Waals surface area contributed by atoms with E-state index in [1.165, 1.54) is 0 Å². The number of hydrogen-bond acceptors (Lipinski definition) is 8. The van der Waals surface area contributed by atoms with Gasteiger partial charge in [0, 0.05) is 47.2 Å². The van der Waals surface area contributed by atoms with Crippen LogP contribution in [0.4, 0.5) is 8.78 Å². The van der Waals surface area contributed by atoms with E-state index < -0.39 is 40.8 Å². The molecule has 240 valence electrons. The monoisotopic (exact) mass is 687 g/mol. The molecular formula is C33H36BrF2N3O6. The first-order valence-electron chi connectivity index (χ1n) is 14.5. The minimum Gasteiger partial charge on any atom is -0.494 e. The van der Waals surface area contributed by atoms with Crippen LogP contribution in [0.1, 0.15) is 62.8 Å². The van der Waals surface area contributed by atoms with Gasteiger partial charge in [0.25, 0.3) is 5.91 Å². The molecule has 0 radical (unpaired) electrons. The number of ether oxygens (including phenoxy) is 3. The maximum Gasteiger partial charge on any atom is 0.306 e. The van der Waals surface area contributed by atoms with Gasteiger partial charge in [0.1, 0.15) is 23.0 Å². The van der Waals surface area contributed by atoms with Crippen LogP contribution in [0.2, 0.25) is 0 Å². The maximum atomic E-state index is 14.3. The standard InChI is InChI=1S/C33H36BrF2N3O6/c1-32(2,3)45-28(41)15-16-33(31(42)39-37-20-22-19-23(35)11-14-27(22)36)29(25-7-4-5-8-26(25)34)44-30(38-33)21-9-12-24(13-10-21)43-18-6-17-40/h4-5,7-14,19,29,37,40H,6,15-18,20H2,1-3H3,(H,39,42)/t29-,33-/m0/s1. The number of hydrazine groups is 1. The Balaban J connectivity index is 1.70. The highest BCUT2D eigenvalue weighted by molar-refractivity contribution is 9.10. The Kier molecular flexibility index (Phi) is 11.3. The molecule has 0 aromatic heterocycles. The normalized spacial score (nSPS) is 17.8. The third-order valence-electron chi connectivity index (χ3n) is 6.84. The molecule has 2 atom stereocenters. The Morgan fingerprint density at radius 2 is 1.82 bits per heavy atom. The van der Waals surface area contributed by atoms with Crippen LogP contribution in [-0.2, 0) is 25.6 Å². The fraction of sp³-hybridized carbons (Fsp3) is 0.364. The molecule has 12 heteroatoms. The molecular weight excluding hydrogens is 652 g/mol. The fourth-order valence-corrected chi connectivity index (χ4v) is 5.22. The molecule has 0 saturated heterocycles. The number of nitrogens with one attached hydrogen (secondary N) is 2. The third kappa shape index (κ3) is 8.86. The maximum absolute atomic E-state index is 14.3. The highest BCUT2D eigenvalue weighted by atomic mass is 79.9. The summed E-state index contributed by atoms with van der Waals surface area (Å²) in [5.41, 5.74) is 4.02. The van der Waals surface area contributed by atoms with Crippen molar-refractivity contribution in [3.05, 3.63) is 99.5 Å². The molecule has 1 aliphatic rings. The molecule has 0 saturated carbocycles. The summed E-state index contributed by atoms with van der Waals surface area (Å²) in [6, 6.07) is 17.2. The summed E-state index contributed by atoms with van der Waals surface area (Å²) in [6.07, 6.45) is -0.761. The van der Waals surface area contributed by atoms with Crippen molar-refractivity contribution in [1.82, 2.24) is 10.9 Å². The zero-order valence-electron chi connectivity index (χ0n) is 25.2. The van der Waals surface area contributed by atoms with Gasteiger partial charge >= 0.3 is 5.97 Å². The van der Waals surface area contributed by atoms with E-state index in [-0.39, 0.29) is 37.5 Å². The molecule has 3 N–H and O–H groups in total. The van der Waals surface area contributed by atoms with E-state index >= 15 is 0 Å². The number of amides is 1. The zero-order chi connectivity index (χ0) is 32.6. The Labute approximate surface area is 269 Å². The largest absolute Gasteiger partial charge is 0.494 e. The van der Waals surface area contributed by atoms with Crippen molar-refractivity contribution in [2.75, 3.05) is 13.2 Å². The average molecular weight is 689 g/mol. The first-order chi connectivity index (χ1) is 21.4. The van der Waals surface area contributed by atoms with Crippen LogP contribution in [0, 0.1) is 11.6 Å². The molecule has 45 heavy (non-hydrogen) atoms. The summed E-state index contributed by atoms with van der Waals surface area (Å²) in [6.45, 7) is 5.39. The van der Waals surface area contributed by atoms with Crippen molar-refractivity contribution in [3.63, 3.8) is 0 Å². The van der Waals surface area contributed by atoms with Gasteiger partial charge in [-0.15, -0.1) is 0 Å². The zero-order valence-corrected chi connectivity index (χ0v) is 26.8. The van der Waals surface area contributed by atoms with E-state index in [0.29, 0.717) is 34.4 Å². The Morgan fingerprint density at radius 3 is 2.51 bits per heavy atom. The topological polar surface area (TPSA) is 118 Å². The van der Waals surface area contributed by atoms with Gasteiger partial charge < -0.3 is 19.3 Å². The SMILES string of the molecule is CC(C)(C)OC(=O)CC[C@]1(C(=O)NNCc2cc(F)ccc2F)N=C(c2ccc(OCCCO)cc2)O[C@H]1c1ccccc1Br. The van der Waals surface area contributed by atoms with Crippen molar-refractivity contribution >= 4 is 33.7 Å². The number of rotatable bonds is 13. The van der Waals surface area contributed by atoms with Gasteiger partial charge in [-0.25, -0.2) is 19.2 Å². The molecule has 1 heterocycles. The van der Waals surface area contributed by atoms with E-state index in [1.54, 1.807) is 63.2 Å². The van der Waals surface area contributed by atoms with Gasteiger partial charge in [0.15, 0.2) is 11.6 Å². The molecule has 4 rings (SSSR count). The summed E-state index contributed by atoms with van der Waals surface area (Å²) in [4.78, 5) is 31.8. The molecule has 1 amide bonds. The van der Waals surface area contributed by atoms with E-state index in [4.69, 9.17) is 24.3 Å². The van der Waals surface area contributed by atoms with Gasteiger partial charge in [0.05, 0.1) is 6.61 Å². The molecule has 1 aliphatic heterocycles. The molecule has 3 aromatic rings. The highest BCUT2D eigenvalue weighted by Crippen LogP contribution is 2.45. The second-order valence-electron chi connectivity index (χ2n) is 11.4. The van der Waals surface area contributed by atoms with E-state index in [9.17, 15) is 18.4 Å². The second kappa shape index (κ2) is 14.9. The summed E-state index contributed by atoms with van der Waals surface area (Å²) < 4.78 is 46.2. The molecule has 0 unspecified atom stereocenters. The molecule has 3 aromatic carbocycles. The number of halogens is 3. The lowest BCUT2D eigenvalue weighted by Crippen LogP contribution is -2.52. The Bertz CT molecular complexity index is 1530. The van der Waals surface area contributed by atoms with Crippen molar-refractivity contribution in [3.8, 4) is 5.75 Å². The number of aliphatic hydroxyl groups is 1. The molecule has 0 aliphatic carbocycles. The molecule has 0 spiro atoms. The molecule has 9 nitrogen and oxygen atoms in total. The van der Waals surface area contributed by atoms with Gasteiger partial charge in [0.2, 0.25) is 5.90 Å². The van der Waals surface area contributed by atoms with E-state index in [2.05, 4.69) is 26.8 Å². The highest BCUT2D eigenvalue weighted by Gasteiger charge is 2.54. The fourth-order valence-electron chi connectivity index (χ4n) is 4.73. The van der Waals surface area contributed by atoms with Crippen LogP contribution >= 0.6 is 15.9 Å². The lowest BCUT2D eigenvalue weighted by atomic mass is 9.83. The number of aliphatic hydroxyl groups excluding tert-OH is 1. The average Bonchev–Trinajstić information content (AvgIpc) is 3.38. The van der Waals surface area contributed by atoms with Crippen LogP contribution in [0.5, 0.6) is 5.75 Å². The predicted octanol–water partition coefficient (Wildman–Crippen LogP) is 5.69. The second-order valence-corrected chi connectivity index (χ2v) is 12.3. The van der Waals surface area contributed by atoms with Crippen molar-refractivity contribution in [1.29, 1.82) is 0 Å². The van der Waals surface area contributed by atoms with Crippen LogP contribution in [0.3, 0.4) is 0 Å². The van der Waals surface area contributed by atoms with E-state index in [1.807, 2.05) is 6.07 Å². The minimum absolute atomic E-state index is 0.00798. The van der Waals surface area contributed by atoms with Crippen molar-refractivity contribution in [2.45, 2.75) is 63.8 Å². The number of aliphatic imine (C=N–C) groups is 1. The number of benzene rings is 3. The first kappa shape index (κ1) is 34.0. The van der Waals surface area contributed by atoms with Gasteiger partial charge in [-0.3, -0.25) is 15.0 Å². The predicted molar refractivity (Wildman–Crippen MR) is 167 cm³/mol. The number of esters is 1. The van der Waals surface area contributed by atoms with Gasteiger partial charge in [-0.1, -0.05) is 34.1 Å². The smallest absolute Gasteiger partial charge is 0.306 e. The van der Waals surface area contributed by atoms with Gasteiger partial charge in [-0.2, -0.15) is 0 Å². The lowest BCUT2D eigenvalue weighted by molar-refractivity contribution is -0.155. The summed E-state index contributed by atoms with van der Waals surface area (Å²) in [5.74, 6) is -1.70. The van der Waals surface area contributed by atoms with Crippen LogP contribution in [0.15, 0.2) is 76.2 Å². The Morgan fingerprint density at radius 1 is 1.09 bits per heavy atom. The molecule has 0 fully saturated rings. The van der Waals surface area contributed by atoms with E-state index in [0.717, 1.165) is 18.2 Å². The number of nitrogens with zero attached hydrogens (tertiary/aromatic N) is 1. The van der Waals surface area contributed by atoms with Gasteiger partial charge in [-0.05, 0) is 75.7 Å². The number of carbonyl (C=O) groups excluding carboxylic acids is 2. The van der Waals surface area contributed by atoms with Crippen molar-refractivity contribution < 1.29 is 37.7 Å². The summed E-state index contributed by atoms with van der Waals surface area (Å²) in [7, 11) is 0. The first-order valence-corrected chi connectivity index (χ1v) is 15.3. The summed E-state index contributed by atoms with van der Waals surface area (Å²) >= 11 is 3.56. The van der Waals surface area contributed by atoms with Crippen molar-refractivity contribution in [2.24, 2.45) is 4.99 Å². The summed E-state index contributed by atoms with van der Waals surface area (Å²) in [5, 5.41) is 9.02. The van der Waals surface area contributed by atoms with Crippen LogP contribution < -0.4 is 15.6 Å². The number of carbonyl (C=O) groups is 2. The number of hydrogen-bond donors (Lipinski definition) is 3. The third-order valence-corrected chi connectivity index (χ3v) is 7.56. The molecule has 0 bridgehead atoms. The minimum atomic E-state index is -1.68. The Hall–Kier alpha value is -3.87. The quantitative estimate of drug-likeness (QED) is 0.120. The van der Waals surface area contributed by atoms with Crippen LogP contribution in [0.25, 0.3) is 0 Å². The lowest BCUT2D eigenvalue weighted by Gasteiger charge is -2.31.